The van der Waals surface area contributed by atoms with Crippen LogP contribution in [-0.2, 0) is 51.4 Å². The Labute approximate surface area is 374 Å². The van der Waals surface area contributed by atoms with Gasteiger partial charge in [0.25, 0.3) is 0 Å². The van der Waals surface area contributed by atoms with E-state index in [1.807, 2.05) is 12.1 Å². The summed E-state index contributed by atoms with van der Waals surface area (Å²) in [6.45, 7) is 4.32. The summed E-state index contributed by atoms with van der Waals surface area (Å²) in [5.41, 5.74) is 22.1. The van der Waals surface area contributed by atoms with Crippen molar-refractivity contribution in [3.63, 3.8) is 0 Å². The Morgan fingerprint density at radius 2 is 0.714 bits per heavy atom. The standard InChI is InChI=1S/C59H62O4/c1-36-30-48(58(60)50(32-36)56-42-20-7-3-16-38(42)34-39-17-4-8-21-43(39)56)46-24-11-13-26-52(46)62-54-28-15-29-55(54)63-53-27-14-12-25-47(53)49-31-37(2)33-51(59(49)61)57-44-22-9-5-18-40(44)35-41-19-6-10-23-45(41)57/h11-14,24-27,30-35,54-55,60-61H,3-10,15-23,28-29H2,1-2H3/t54-,55?/m0/s1. The molecule has 0 saturated heterocycles. The number of hydrogen-bond donors (Lipinski definition) is 2. The van der Waals surface area contributed by atoms with E-state index >= 15 is 0 Å². The van der Waals surface area contributed by atoms with Gasteiger partial charge in [0.05, 0.1) is 0 Å². The van der Waals surface area contributed by atoms with Gasteiger partial charge in [-0.1, -0.05) is 48.5 Å². The number of fused-ring (bicyclic) bond motifs is 4. The van der Waals surface area contributed by atoms with Crippen LogP contribution in [0.1, 0.15) is 126 Å². The van der Waals surface area contributed by atoms with Crippen LogP contribution < -0.4 is 9.47 Å². The van der Waals surface area contributed by atoms with Gasteiger partial charge in [0.15, 0.2) is 0 Å². The second kappa shape index (κ2) is 16.9. The van der Waals surface area contributed by atoms with Gasteiger partial charge in [-0.25, -0.2) is 0 Å². The van der Waals surface area contributed by atoms with Crippen molar-refractivity contribution in [1.29, 1.82) is 0 Å². The monoisotopic (exact) mass is 834 g/mol. The minimum atomic E-state index is -0.178. The quantitative estimate of drug-likeness (QED) is 0.160. The molecule has 2 N–H and O–H groups in total. The Balaban J connectivity index is 0.923. The highest BCUT2D eigenvalue weighted by Gasteiger charge is 2.34. The summed E-state index contributed by atoms with van der Waals surface area (Å²) in [5, 5.41) is 24.9. The number of aryl methyl sites for hydroxylation is 6. The van der Waals surface area contributed by atoms with Crippen LogP contribution in [0.3, 0.4) is 0 Å². The van der Waals surface area contributed by atoms with E-state index in [9.17, 15) is 10.2 Å². The summed E-state index contributed by atoms with van der Waals surface area (Å²) in [7, 11) is 0. The minimum absolute atomic E-state index is 0.178. The summed E-state index contributed by atoms with van der Waals surface area (Å²) in [6, 6.07) is 30.2. The van der Waals surface area contributed by atoms with Gasteiger partial charge in [0.2, 0.25) is 0 Å². The molecule has 4 heteroatoms. The van der Waals surface area contributed by atoms with Crippen LogP contribution in [0.15, 0.2) is 84.9 Å². The Morgan fingerprint density at radius 1 is 0.381 bits per heavy atom. The van der Waals surface area contributed by atoms with Crippen molar-refractivity contribution in [1.82, 2.24) is 0 Å². The summed E-state index contributed by atoms with van der Waals surface area (Å²) >= 11 is 0. The molecule has 11 rings (SSSR count). The molecule has 1 saturated carbocycles. The molecule has 0 amide bonds. The number of phenolic OH excluding ortho intramolecular Hbond substituents is 2. The van der Waals surface area contributed by atoms with Crippen LogP contribution >= 0.6 is 0 Å². The molecule has 0 aliphatic heterocycles. The molecular weight excluding hydrogens is 773 g/mol. The third-order valence-electron chi connectivity index (χ3n) is 15.3. The lowest BCUT2D eigenvalue weighted by molar-refractivity contribution is 0.0787. The predicted octanol–water partition coefficient (Wildman–Crippen LogP) is 14.3. The number of benzene rings is 6. The van der Waals surface area contributed by atoms with Crippen molar-refractivity contribution in [2.24, 2.45) is 0 Å². The van der Waals surface area contributed by atoms with E-state index in [-0.39, 0.29) is 12.2 Å². The molecule has 6 aromatic rings. The zero-order valence-electron chi connectivity index (χ0n) is 37.4. The molecule has 5 aliphatic rings. The van der Waals surface area contributed by atoms with Crippen LogP contribution in [0, 0.1) is 13.8 Å². The number of ether oxygens (including phenoxy) is 2. The van der Waals surface area contributed by atoms with E-state index in [2.05, 4.69) is 86.6 Å². The van der Waals surface area contributed by atoms with Crippen molar-refractivity contribution < 1.29 is 19.7 Å². The van der Waals surface area contributed by atoms with Crippen molar-refractivity contribution in [2.75, 3.05) is 0 Å². The summed E-state index contributed by atoms with van der Waals surface area (Å²) in [5.74, 6) is 2.24. The van der Waals surface area contributed by atoms with E-state index in [1.54, 1.807) is 0 Å². The average molecular weight is 835 g/mol. The molecule has 5 aliphatic carbocycles. The number of phenols is 2. The van der Waals surface area contributed by atoms with Crippen LogP contribution in [0.4, 0.5) is 0 Å². The Hall–Kier alpha value is -5.48. The first-order chi connectivity index (χ1) is 30.9. The topological polar surface area (TPSA) is 58.9 Å². The highest BCUT2D eigenvalue weighted by Crippen LogP contribution is 2.50. The van der Waals surface area contributed by atoms with Crippen molar-refractivity contribution in [3.05, 3.63) is 141 Å². The van der Waals surface area contributed by atoms with E-state index in [4.69, 9.17) is 9.47 Å². The molecular formula is C59H62O4. The fraction of sp³-hybridized carbons (Fsp3) is 0.390. The summed E-state index contributed by atoms with van der Waals surface area (Å²) in [6.07, 6.45) is 21.0. The maximum Gasteiger partial charge on any atom is 0.135 e. The zero-order chi connectivity index (χ0) is 42.6. The normalized spacial score (nSPS) is 19.1. The first kappa shape index (κ1) is 40.3. The van der Waals surface area contributed by atoms with Gasteiger partial charge in [0, 0.05) is 33.4 Å². The van der Waals surface area contributed by atoms with Crippen LogP contribution in [0.5, 0.6) is 23.0 Å². The van der Waals surface area contributed by atoms with E-state index in [1.165, 1.54) is 107 Å². The fourth-order valence-electron chi connectivity index (χ4n) is 12.4. The minimum Gasteiger partial charge on any atom is -0.507 e. The maximum atomic E-state index is 12.4. The van der Waals surface area contributed by atoms with Gasteiger partial charge in [-0.3, -0.25) is 0 Å². The molecule has 63 heavy (non-hydrogen) atoms. The summed E-state index contributed by atoms with van der Waals surface area (Å²) in [4.78, 5) is 0. The summed E-state index contributed by atoms with van der Waals surface area (Å²) < 4.78 is 14.1. The van der Waals surface area contributed by atoms with Gasteiger partial charge in [0.1, 0.15) is 35.2 Å². The molecule has 1 fully saturated rings. The molecule has 0 spiro atoms. The molecule has 6 aromatic carbocycles. The number of para-hydroxylation sites is 2. The zero-order valence-corrected chi connectivity index (χ0v) is 37.4. The maximum absolute atomic E-state index is 12.4. The van der Waals surface area contributed by atoms with Crippen LogP contribution in [0.2, 0.25) is 0 Å². The molecule has 0 aromatic heterocycles. The second-order valence-corrected chi connectivity index (χ2v) is 19.5. The second-order valence-electron chi connectivity index (χ2n) is 19.5. The van der Waals surface area contributed by atoms with Gasteiger partial charge >= 0.3 is 0 Å². The smallest absolute Gasteiger partial charge is 0.135 e. The van der Waals surface area contributed by atoms with Crippen molar-refractivity contribution in [2.45, 2.75) is 148 Å². The third-order valence-corrected chi connectivity index (χ3v) is 15.3. The first-order valence-corrected chi connectivity index (χ1v) is 24.4. The third kappa shape index (κ3) is 7.42. The van der Waals surface area contributed by atoms with Gasteiger partial charge in [-0.2, -0.15) is 0 Å². The lowest BCUT2D eigenvalue weighted by Gasteiger charge is -2.29. The molecule has 2 atom stereocenters. The lowest BCUT2D eigenvalue weighted by Crippen LogP contribution is -2.31. The average Bonchev–Trinajstić information content (AvgIpc) is 3.75. The van der Waals surface area contributed by atoms with Gasteiger partial charge in [-0.05, 0) is 239 Å². The molecule has 0 bridgehead atoms. The SMILES string of the molecule is Cc1cc(-c2ccccc2OC2CCC[C@@H]2Oc2ccccc2-c2cc(C)cc(-c3c4c(cc5c3CCCC5)CCCC4)c2O)c(O)c(-c2c3c(cc4c2CCCC4)CCCC3)c1. The largest absolute Gasteiger partial charge is 0.507 e. The Morgan fingerprint density at radius 3 is 1.10 bits per heavy atom. The van der Waals surface area contributed by atoms with Crippen LogP contribution in [-0.4, -0.2) is 22.4 Å². The molecule has 322 valence electrons. The Bertz CT molecular complexity index is 2480. The van der Waals surface area contributed by atoms with Gasteiger partial charge in [-0.15, -0.1) is 0 Å². The highest BCUT2D eigenvalue weighted by molar-refractivity contribution is 5.90. The molecule has 0 radical (unpaired) electrons. The number of aromatic hydroxyl groups is 2. The number of hydrogen-bond acceptors (Lipinski definition) is 4. The van der Waals surface area contributed by atoms with Crippen molar-refractivity contribution >= 4 is 0 Å². The molecule has 1 unspecified atom stereocenters. The van der Waals surface area contributed by atoms with E-state index < -0.39 is 0 Å². The fourth-order valence-corrected chi connectivity index (χ4v) is 12.4. The van der Waals surface area contributed by atoms with Crippen molar-refractivity contribution in [3.8, 4) is 67.5 Å². The first-order valence-electron chi connectivity index (χ1n) is 24.4. The lowest BCUT2D eigenvalue weighted by atomic mass is 9.76. The molecule has 0 heterocycles. The predicted molar refractivity (Wildman–Crippen MR) is 257 cm³/mol. The van der Waals surface area contributed by atoms with E-state index in [0.29, 0.717) is 11.5 Å². The molecule has 4 nitrogen and oxygen atoms in total. The number of rotatable bonds is 8. The van der Waals surface area contributed by atoms with Crippen LogP contribution in [0.25, 0.3) is 44.5 Å². The highest BCUT2D eigenvalue weighted by atomic mass is 16.5. The van der Waals surface area contributed by atoms with Gasteiger partial charge < -0.3 is 19.7 Å². The van der Waals surface area contributed by atoms with E-state index in [0.717, 1.165) is 127 Å². The Kier molecular flexibility index (Phi) is 10.8.